The zero-order valence-electron chi connectivity index (χ0n) is 19.8. The number of ether oxygens (including phenoxy) is 2. The van der Waals surface area contributed by atoms with E-state index in [4.69, 9.17) is 14.0 Å². The summed E-state index contributed by atoms with van der Waals surface area (Å²) in [4.78, 5) is 18.9. The lowest BCUT2D eigenvalue weighted by atomic mass is 10.0. The van der Waals surface area contributed by atoms with Crippen LogP contribution in [-0.4, -0.2) is 72.1 Å². The first-order valence-electron chi connectivity index (χ1n) is 12.0. The number of carbonyl (C=O) groups is 1. The van der Waals surface area contributed by atoms with E-state index < -0.39 is 12.8 Å². The first kappa shape index (κ1) is 25.4. The SMILES string of the molecule is Cc1cc(CC(=O)N[C@H]2CC[C@H](CCN3CCc4ccc(OCC(F)(F)F)nc4CC3)OC2)no1. The molecule has 0 bridgehead atoms. The summed E-state index contributed by atoms with van der Waals surface area (Å²) >= 11 is 0. The van der Waals surface area contributed by atoms with Gasteiger partial charge in [0.1, 0.15) is 5.76 Å². The minimum Gasteiger partial charge on any atom is -0.468 e. The van der Waals surface area contributed by atoms with Crippen molar-refractivity contribution in [2.24, 2.45) is 0 Å². The largest absolute Gasteiger partial charge is 0.468 e. The highest BCUT2D eigenvalue weighted by Crippen LogP contribution is 2.22. The summed E-state index contributed by atoms with van der Waals surface area (Å²) in [5.41, 5.74) is 2.48. The van der Waals surface area contributed by atoms with E-state index in [0.29, 0.717) is 24.5 Å². The first-order chi connectivity index (χ1) is 16.7. The number of halogens is 3. The zero-order chi connectivity index (χ0) is 24.8. The van der Waals surface area contributed by atoms with Crippen LogP contribution in [0.25, 0.3) is 0 Å². The van der Waals surface area contributed by atoms with Crippen molar-refractivity contribution in [3.05, 3.63) is 40.9 Å². The van der Waals surface area contributed by atoms with Gasteiger partial charge in [-0.2, -0.15) is 13.2 Å². The summed E-state index contributed by atoms with van der Waals surface area (Å²) in [6.45, 7) is 3.47. The Balaban J connectivity index is 1.16. The van der Waals surface area contributed by atoms with E-state index in [1.807, 2.05) is 6.07 Å². The third-order valence-corrected chi connectivity index (χ3v) is 6.31. The van der Waals surface area contributed by atoms with E-state index in [-0.39, 0.29) is 30.4 Å². The fraction of sp³-hybridized carbons (Fsp3) is 0.625. The summed E-state index contributed by atoms with van der Waals surface area (Å²) in [6.07, 6.45) is 0.0632. The molecule has 1 saturated heterocycles. The summed E-state index contributed by atoms with van der Waals surface area (Å²) < 4.78 is 53.0. The number of nitrogens with one attached hydrogen (secondary N) is 1. The van der Waals surface area contributed by atoms with Crippen LogP contribution in [0.2, 0.25) is 0 Å². The number of fused-ring (bicyclic) bond motifs is 1. The maximum atomic E-state index is 12.4. The number of carbonyl (C=O) groups excluding carboxylic acids is 1. The molecular weight excluding hydrogens is 465 g/mol. The van der Waals surface area contributed by atoms with Crippen molar-refractivity contribution in [1.82, 2.24) is 20.4 Å². The summed E-state index contributed by atoms with van der Waals surface area (Å²) in [5.74, 6) is 0.610. The van der Waals surface area contributed by atoms with E-state index in [0.717, 1.165) is 56.6 Å². The van der Waals surface area contributed by atoms with Gasteiger partial charge in [-0.25, -0.2) is 4.98 Å². The Labute approximate surface area is 202 Å². The van der Waals surface area contributed by atoms with Gasteiger partial charge >= 0.3 is 6.18 Å². The summed E-state index contributed by atoms with van der Waals surface area (Å²) in [5, 5.41) is 6.86. The number of amides is 1. The number of hydrogen-bond acceptors (Lipinski definition) is 7. The second-order valence-corrected chi connectivity index (χ2v) is 9.19. The molecule has 4 rings (SSSR count). The summed E-state index contributed by atoms with van der Waals surface area (Å²) in [6, 6.07) is 5.09. The second-order valence-electron chi connectivity index (χ2n) is 9.19. The molecule has 1 fully saturated rings. The molecule has 35 heavy (non-hydrogen) atoms. The molecule has 8 nitrogen and oxygen atoms in total. The molecule has 2 aliphatic heterocycles. The highest BCUT2D eigenvalue weighted by atomic mass is 19.4. The average Bonchev–Trinajstić information content (AvgIpc) is 3.10. The van der Waals surface area contributed by atoms with Gasteiger partial charge in [0.15, 0.2) is 6.61 Å². The van der Waals surface area contributed by atoms with Crippen molar-refractivity contribution < 1.29 is 32.0 Å². The Morgan fingerprint density at radius 1 is 1.26 bits per heavy atom. The molecule has 192 valence electrons. The number of nitrogens with zero attached hydrogens (tertiary/aromatic N) is 3. The number of aromatic nitrogens is 2. The third-order valence-electron chi connectivity index (χ3n) is 6.31. The first-order valence-corrected chi connectivity index (χ1v) is 12.0. The van der Waals surface area contributed by atoms with Crippen LogP contribution < -0.4 is 10.1 Å². The molecule has 0 unspecified atom stereocenters. The van der Waals surface area contributed by atoms with Gasteiger partial charge in [-0.05, 0) is 38.2 Å². The van der Waals surface area contributed by atoms with Gasteiger partial charge in [0.25, 0.3) is 0 Å². The van der Waals surface area contributed by atoms with Crippen LogP contribution in [-0.2, 0) is 28.8 Å². The monoisotopic (exact) mass is 496 g/mol. The molecular formula is C24H31F3N4O4. The van der Waals surface area contributed by atoms with Crippen molar-refractivity contribution in [1.29, 1.82) is 0 Å². The molecule has 0 radical (unpaired) electrons. The van der Waals surface area contributed by atoms with Crippen molar-refractivity contribution in [2.75, 3.05) is 32.8 Å². The normalized spacial score (nSPS) is 21.3. The molecule has 0 aromatic carbocycles. The molecule has 0 aliphatic carbocycles. The van der Waals surface area contributed by atoms with E-state index in [1.54, 1.807) is 13.0 Å². The highest BCUT2D eigenvalue weighted by molar-refractivity contribution is 5.78. The van der Waals surface area contributed by atoms with Crippen molar-refractivity contribution in [3.8, 4) is 5.88 Å². The Morgan fingerprint density at radius 3 is 2.80 bits per heavy atom. The van der Waals surface area contributed by atoms with Crippen LogP contribution in [0.3, 0.4) is 0 Å². The van der Waals surface area contributed by atoms with Crippen LogP contribution in [0.4, 0.5) is 13.2 Å². The van der Waals surface area contributed by atoms with Gasteiger partial charge in [-0.3, -0.25) is 4.79 Å². The van der Waals surface area contributed by atoms with Crippen LogP contribution in [0.15, 0.2) is 22.7 Å². The predicted molar refractivity (Wildman–Crippen MR) is 120 cm³/mol. The number of rotatable bonds is 8. The lowest BCUT2D eigenvalue weighted by Crippen LogP contribution is -2.44. The Bertz CT molecular complexity index is 989. The molecule has 4 heterocycles. The Morgan fingerprint density at radius 2 is 2.09 bits per heavy atom. The standard InChI is InChI=1S/C24H31F3N4O4/c1-16-12-19(30-35-16)13-22(32)28-18-3-4-20(33-14-18)7-10-31-9-6-17-2-5-23(29-21(17)8-11-31)34-15-24(25,26)27/h2,5,12,18,20H,3-4,6-11,13-15H2,1H3,(H,28,32)/t18-,20+/m0/s1. The molecule has 1 amide bonds. The van der Waals surface area contributed by atoms with E-state index in [9.17, 15) is 18.0 Å². The van der Waals surface area contributed by atoms with Crippen LogP contribution in [0.1, 0.15) is 42.0 Å². The molecule has 2 aromatic rings. The van der Waals surface area contributed by atoms with Gasteiger partial charge in [0, 0.05) is 43.9 Å². The molecule has 0 saturated carbocycles. The molecule has 2 atom stereocenters. The average molecular weight is 497 g/mol. The Hall–Kier alpha value is -2.66. The Kier molecular flexibility index (Phi) is 8.27. The predicted octanol–water partition coefficient (Wildman–Crippen LogP) is 3.02. The fourth-order valence-electron chi connectivity index (χ4n) is 4.49. The second kappa shape index (κ2) is 11.4. The van der Waals surface area contributed by atoms with Gasteiger partial charge in [0.2, 0.25) is 11.8 Å². The van der Waals surface area contributed by atoms with E-state index >= 15 is 0 Å². The van der Waals surface area contributed by atoms with Crippen molar-refractivity contribution in [3.63, 3.8) is 0 Å². The molecule has 2 aliphatic rings. The highest BCUT2D eigenvalue weighted by Gasteiger charge is 2.29. The van der Waals surface area contributed by atoms with Gasteiger partial charge in [0.05, 0.1) is 30.9 Å². The minimum atomic E-state index is -4.38. The van der Waals surface area contributed by atoms with Gasteiger partial charge in [-0.15, -0.1) is 0 Å². The van der Waals surface area contributed by atoms with Crippen LogP contribution in [0.5, 0.6) is 5.88 Å². The lowest BCUT2D eigenvalue weighted by Gasteiger charge is -2.31. The van der Waals surface area contributed by atoms with Gasteiger partial charge < -0.3 is 24.2 Å². The third kappa shape index (κ3) is 7.93. The minimum absolute atomic E-state index is 0.000677. The van der Waals surface area contributed by atoms with Crippen LogP contribution in [0, 0.1) is 6.92 Å². The van der Waals surface area contributed by atoms with Crippen molar-refractivity contribution >= 4 is 5.91 Å². The number of aryl methyl sites for hydroxylation is 1. The summed E-state index contributed by atoms with van der Waals surface area (Å²) in [7, 11) is 0. The zero-order valence-corrected chi connectivity index (χ0v) is 19.8. The number of pyridine rings is 1. The smallest absolute Gasteiger partial charge is 0.422 e. The lowest BCUT2D eigenvalue weighted by molar-refractivity contribution is -0.154. The molecule has 11 heteroatoms. The van der Waals surface area contributed by atoms with E-state index in [1.165, 1.54) is 6.07 Å². The topological polar surface area (TPSA) is 89.7 Å². The maximum absolute atomic E-state index is 12.4. The molecule has 2 aromatic heterocycles. The number of hydrogen-bond donors (Lipinski definition) is 1. The molecule has 1 N–H and O–H groups in total. The number of alkyl halides is 3. The van der Waals surface area contributed by atoms with Crippen molar-refractivity contribution in [2.45, 2.75) is 63.8 Å². The fourth-order valence-corrected chi connectivity index (χ4v) is 4.49. The van der Waals surface area contributed by atoms with E-state index in [2.05, 4.69) is 20.4 Å². The molecule has 0 spiro atoms. The van der Waals surface area contributed by atoms with Crippen LogP contribution >= 0.6 is 0 Å². The quantitative estimate of drug-likeness (QED) is 0.601. The maximum Gasteiger partial charge on any atom is 0.422 e. The van der Waals surface area contributed by atoms with Gasteiger partial charge in [-0.1, -0.05) is 11.2 Å².